The third-order valence-electron chi connectivity index (χ3n) is 5.87. The molecule has 2 fully saturated rings. The van der Waals surface area contributed by atoms with Crippen molar-refractivity contribution >= 4 is 6.09 Å². The summed E-state index contributed by atoms with van der Waals surface area (Å²) in [6.45, 7) is 8.04. The summed E-state index contributed by atoms with van der Waals surface area (Å²) in [4.78, 5) is 14.0. The van der Waals surface area contributed by atoms with E-state index in [-0.39, 0.29) is 6.09 Å². The number of amides is 1. The van der Waals surface area contributed by atoms with Crippen molar-refractivity contribution in [3.8, 4) is 5.75 Å². The van der Waals surface area contributed by atoms with Crippen LogP contribution in [0.1, 0.15) is 70.8 Å². The Morgan fingerprint density at radius 1 is 1.04 bits per heavy atom. The average Bonchev–Trinajstić information content (AvgIpc) is 2.66. The summed E-state index contributed by atoms with van der Waals surface area (Å²) in [7, 11) is 0. The molecule has 1 aromatic rings. The minimum absolute atomic E-state index is 0.195. The van der Waals surface area contributed by atoms with E-state index in [4.69, 9.17) is 9.47 Å². The number of hydrogen-bond acceptors (Lipinski definition) is 4. The summed E-state index contributed by atoms with van der Waals surface area (Å²) < 4.78 is 11.7. The van der Waals surface area contributed by atoms with Crippen LogP contribution in [0.15, 0.2) is 24.3 Å². The van der Waals surface area contributed by atoms with Crippen molar-refractivity contribution in [2.45, 2.75) is 76.9 Å². The summed E-state index contributed by atoms with van der Waals surface area (Å²) >= 11 is 0. The Morgan fingerprint density at radius 2 is 1.64 bits per heavy atom. The maximum Gasteiger partial charge on any atom is 0.410 e. The number of carbonyl (C=O) groups excluding carboxylic acids is 1. The molecule has 1 N–H and O–H groups in total. The molecule has 3 rings (SSSR count). The van der Waals surface area contributed by atoms with E-state index < -0.39 is 5.60 Å². The van der Waals surface area contributed by atoms with Crippen LogP contribution in [-0.2, 0) is 9.47 Å². The van der Waals surface area contributed by atoms with E-state index in [2.05, 4.69) is 0 Å². The molecule has 0 aromatic heterocycles. The first kappa shape index (κ1) is 21.0. The van der Waals surface area contributed by atoms with E-state index in [0.717, 1.165) is 58.2 Å². The van der Waals surface area contributed by atoms with Gasteiger partial charge in [-0.25, -0.2) is 4.79 Å². The number of benzene rings is 1. The Kier molecular flexibility index (Phi) is 6.86. The molecule has 1 aliphatic heterocycles. The highest BCUT2D eigenvalue weighted by molar-refractivity contribution is 5.68. The van der Waals surface area contributed by atoms with Gasteiger partial charge in [0.25, 0.3) is 0 Å². The highest BCUT2D eigenvalue weighted by atomic mass is 16.6. The monoisotopic (exact) mass is 389 g/mol. The second-order valence-corrected chi connectivity index (χ2v) is 9.31. The van der Waals surface area contributed by atoms with Crippen molar-refractivity contribution in [2.24, 2.45) is 5.92 Å². The van der Waals surface area contributed by atoms with E-state index >= 15 is 0 Å². The SMILES string of the molecule is CC(C)(C)OC(=O)N1CCC(COC2CCC(c3ccc(O)cc3)CC2)CC1. The fourth-order valence-corrected chi connectivity index (χ4v) is 4.19. The average molecular weight is 390 g/mol. The lowest BCUT2D eigenvalue weighted by Crippen LogP contribution is -2.42. The van der Waals surface area contributed by atoms with Gasteiger partial charge in [-0.05, 0) is 88.8 Å². The molecule has 1 aromatic carbocycles. The number of rotatable bonds is 4. The van der Waals surface area contributed by atoms with E-state index in [1.165, 1.54) is 5.56 Å². The molecular formula is C23H35NO4. The lowest BCUT2D eigenvalue weighted by molar-refractivity contribution is -0.0143. The first-order valence-corrected chi connectivity index (χ1v) is 10.7. The van der Waals surface area contributed by atoms with Gasteiger partial charge < -0.3 is 19.5 Å². The highest BCUT2D eigenvalue weighted by Gasteiger charge is 2.28. The summed E-state index contributed by atoms with van der Waals surface area (Å²) in [6, 6.07) is 7.64. The lowest BCUT2D eigenvalue weighted by atomic mass is 9.82. The van der Waals surface area contributed by atoms with Crippen LogP contribution in [0.3, 0.4) is 0 Å². The lowest BCUT2D eigenvalue weighted by Gasteiger charge is -2.34. The smallest absolute Gasteiger partial charge is 0.410 e. The number of likely N-dealkylation sites (tertiary alicyclic amines) is 1. The van der Waals surface area contributed by atoms with Gasteiger partial charge in [0.15, 0.2) is 0 Å². The molecule has 0 bridgehead atoms. The van der Waals surface area contributed by atoms with Crippen LogP contribution < -0.4 is 0 Å². The number of nitrogens with zero attached hydrogens (tertiary/aromatic N) is 1. The summed E-state index contributed by atoms with van der Waals surface area (Å²) in [5, 5.41) is 9.44. The van der Waals surface area contributed by atoms with Crippen molar-refractivity contribution in [2.75, 3.05) is 19.7 Å². The molecule has 5 nitrogen and oxygen atoms in total. The van der Waals surface area contributed by atoms with Gasteiger partial charge in [0.05, 0.1) is 6.10 Å². The molecule has 1 amide bonds. The van der Waals surface area contributed by atoms with Crippen LogP contribution >= 0.6 is 0 Å². The van der Waals surface area contributed by atoms with Crippen LogP contribution in [-0.4, -0.2) is 47.5 Å². The van der Waals surface area contributed by atoms with Crippen molar-refractivity contribution in [3.05, 3.63) is 29.8 Å². The molecule has 1 heterocycles. The molecule has 0 spiro atoms. The van der Waals surface area contributed by atoms with E-state index in [9.17, 15) is 9.90 Å². The molecule has 156 valence electrons. The number of ether oxygens (including phenoxy) is 2. The van der Waals surface area contributed by atoms with Gasteiger partial charge >= 0.3 is 6.09 Å². The Bertz CT molecular complexity index is 621. The fourth-order valence-electron chi connectivity index (χ4n) is 4.19. The molecule has 1 aliphatic carbocycles. The molecule has 1 saturated heterocycles. The van der Waals surface area contributed by atoms with Gasteiger partial charge in [0, 0.05) is 19.7 Å². The predicted molar refractivity (Wildman–Crippen MR) is 110 cm³/mol. The molecule has 2 aliphatic rings. The number of aromatic hydroxyl groups is 1. The van der Waals surface area contributed by atoms with Crippen molar-refractivity contribution in [1.82, 2.24) is 4.90 Å². The van der Waals surface area contributed by atoms with Gasteiger partial charge in [-0.1, -0.05) is 12.1 Å². The number of phenolic OH excluding ortho intramolecular Hbond substituents is 1. The summed E-state index contributed by atoms with van der Waals surface area (Å²) in [6.07, 6.45) is 6.63. The van der Waals surface area contributed by atoms with E-state index in [0.29, 0.717) is 23.7 Å². The quantitative estimate of drug-likeness (QED) is 0.780. The molecule has 0 unspecified atom stereocenters. The number of hydrogen-bond donors (Lipinski definition) is 1. The van der Waals surface area contributed by atoms with Crippen LogP contribution in [0.5, 0.6) is 5.75 Å². The second-order valence-electron chi connectivity index (χ2n) is 9.31. The van der Waals surface area contributed by atoms with Crippen LogP contribution in [0.25, 0.3) is 0 Å². The van der Waals surface area contributed by atoms with Crippen molar-refractivity contribution in [1.29, 1.82) is 0 Å². The van der Waals surface area contributed by atoms with Crippen LogP contribution in [0.2, 0.25) is 0 Å². The van der Waals surface area contributed by atoms with Crippen LogP contribution in [0, 0.1) is 5.92 Å². The normalized spacial score (nSPS) is 24.2. The zero-order valence-corrected chi connectivity index (χ0v) is 17.5. The number of phenols is 1. The van der Waals surface area contributed by atoms with Gasteiger partial charge in [-0.2, -0.15) is 0 Å². The number of carbonyl (C=O) groups is 1. The molecule has 0 atom stereocenters. The molecule has 1 saturated carbocycles. The zero-order chi connectivity index (χ0) is 20.1. The molecule has 28 heavy (non-hydrogen) atoms. The zero-order valence-electron chi connectivity index (χ0n) is 17.5. The first-order chi connectivity index (χ1) is 13.3. The van der Waals surface area contributed by atoms with Gasteiger partial charge in [0.2, 0.25) is 0 Å². The van der Waals surface area contributed by atoms with Crippen molar-refractivity contribution < 1.29 is 19.4 Å². The van der Waals surface area contributed by atoms with E-state index in [1.54, 1.807) is 12.1 Å². The topological polar surface area (TPSA) is 59.0 Å². The van der Waals surface area contributed by atoms with Crippen LogP contribution in [0.4, 0.5) is 4.79 Å². The van der Waals surface area contributed by atoms with Crippen molar-refractivity contribution in [3.63, 3.8) is 0 Å². The fraction of sp³-hybridized carbons (Fsp3) is 0.696. The Labute approximate surface area is 169 Å². The first-order valence-electron chi connectivity index (χ1n) is 10.7. The van der Waals surface area contributed by atoms with Gasteiger partial charge in [-0.3, -0.25) is 0 Å². The Hall–Kier alpha value is -1.75. The third kappa shape index (κ3) is 6.13. The molecule has 0 radical (unpaired) electrons. The Morgan fingerprint density at radius 3 is 2.21 bits per heavy atom. The highest BCUT2D eigenvalue weighted by Crippen LogP contribution is 2.35. The maximum atomic E-state index is 12.2. The molecule has 5 heteroatoms. The minimum Gasteiger partial charge on any atom is -0.508 e. The number of piperidine rings is 1. The second kappa shape index (κ2) is 9.17. The standard InChI is InChI=1S/C23H35NO4/c1-23(2,3)28-22(26)24-14-12-17(13-15-24)16-27-21-10-6-19(7-11-21)18-4-8-20(25)9-5-18/h4-5,8-9,17,19,21,25H,6-7,10-16H2,1-3H3. The summed E-state index contributed by atoms with van der Waals surface area (Å²) in [5.74, 6) is 1.45. The predicted octanol–water partition coefficient (Wildman–Crippen LogP) is 5.08. The maximum absolute atomic E-state index is 12.2. The largest absolute Gasteiger partial charge is 0.508 e. The molecular weight excluding hydrogens is 354 g/mol. The van der Waals surface area contributed by atoms with Gasteiger partial charge in [-0.15, -0.1) is 0 Å². The van der Waals surface area contributed by atoms with E-state index in [1.807, 2.05) is 37.8 Å². The third-order valence-corrected chi connectivity index (χ3v) is 5.87. The Balaban J connectivity index is 1.34. The minimum atomic E-state index is -0.435. The van der Waals surface area contributed by atoms with Gasteiger partial charge in [0.1, 0.15) is 11.4 Å². The summed E-state index contributed by atoms with van der Waals surface area (Å²) in [5.41, 5.74) is 0.890.